The maximum atomic E-state index is 12.4. The van der Waals surface area contributed by atoms with Gasteiger partial charge in [-0.05, 0) is 67.5 Å². The quantitative estimate of drug-likeness (QED) is 0.758. The summed E-state index contributed by atoms with van der Waals surface area (Å²) in [6, 6.07) is 13.6. The van der Waals surface area contributed by atoms with E-state index in [4.69, 9.17) is 0 Å². The van der Waals surface area contributed by atoms with Crippen molar-refractivity contribution in [2.75, 3.05) is 28.6 Å². The van der Waals surface area contributed by atoms with Gasteiger partial charge in [0.05, 0.1) is 0 Å². The summed E-state index contributed by atoms with van der Waals surface area (Å²) in [5, 5.41) is 5.50. The van der Waals surface area contributed by atoms with Gasteiger partial charge in [0.15, 0.2) is 0 Å². The Kier molecular flexibility index (Phi) is 6.69. The van der Waals surface area contributed by atoms with Gasteiger partial charge in [0.1, 0.15) is 0 Å². The van der Waals surface area contributed by atoms with Crippen LogP contribution in [0.15, 0.2) is 42.5 Å². The third kappa shape index (κ3) is 4.71. The van der Waals surface area contributed by atoms with Crippen LogP contribution in [0.3, 0.4) is 0 Å². The molecule has 0 bridgehead atoms. The Bertz CT molecular complexity index is 802. The molecule has 0 saturated carbocycles. The molecule has 1 heterocycles. The summed E-state index contributed by atoms with van der Waals surface area (Å²) >= 11 is 0. The van der Waals surface area contributed by atoms with E-state index in [1.165, 1.54) is 19.3 Å². The van der Waals surface area contributed by atoms with Crippen LogP contribution in [0.1, 0.15) is 44.2 Å². The lowest BCUT2D eigenvalue weighted by molar-refractivity contribution is -0.133. The van der Waals surface area contributed by atoms with Gasteiger partial charge in [-0.1, -0.05) is 32.0 Å². The molecule has 1 aliphatic heterocycles. The summed E-state index contributed by atoms with van der Waals surface area (Å²) in [4.78, 5) is 27.2. The van der Waals surface area contributed by atoms with Crippen molar-refractivity contribution in [2.45, 2.75) is 46.0 Å². The molecule has 0 aromatic heterocycles. The minimum atomic E-state index is -0.654. The average molecular weight is 380 g/mol. The Hall–Kier alpha value is -2.82. The number of carbonyl (C=O) groups excluding carboxylic acids is 2. The molecule has 0 unspecified atom stereocenters. The molecule has 5 heteroatoms. The summed E-state index contributed by atoms with van der Waals surface area (Å²) in [5.74, 6) is -1.30. The molecule has 28 heavy (non-hydrogen) atoms. The average Bonchev–Trinajstić information content (AvgIpc) is 2.75. The van der Waals surface area contributed by atoms with Gasteiger partial charge in [0.25, 0.3) is 0 Å². The second-order valence-electron chi connectivity index (χ2n) is 7.16. The minimum absolute atomic E-state index is 0.625. The number of hydrogen-bond acceptors (Lipinski definition) is 3. The van der Waals surface area contributed by atoms with Gasteiger partial charge in [0, 0.05) is 30.2 Å². The smallest absolute Gasteiger partial charge is 0.314 e. The van der Waals surface area contributed by atoms with Crippen molar-refractivity contribution < 1.29 is 9.59 Å². The van der Waals surface area contributed by atoms with Gasteiger partial charge in [-0.3, -0.25) is 9.59 Å². The fourth-order valence-electron chi connectivity index (χ4n) is 3.67. The van der Waals surface area contributed by atoms with Crippen molar-refractivity contribution in [3.63, 3.8) is 0 Å². The normalized spacial score (nSPS) is 13.9. The van der Waals surface area contributed by atoms with Gasteiger partial charge >= 0.3 is 11.8 Å². The van der Waals surface area contributed by atoms with Crippen LogP contribution in [0.4, 0.5) is 17.1 Å². The molecule has 5 nitrogen and oxygen atoms in total. The fourth-order valence-corrected chi connectivity index (χ4v) is 3.67. The van der Waals surface area contributed by atoms with E-state index >= 15 is 0 Å². The SMILES string of the molecule is CCc1cccc(CC)c1NC(=O)C(=O)Nc1ccc(N2CCCCC2)cc1. The van der Waals surface area contributed by atoms with Crippen LogP contribution >= 0.6 is 0 Å². The lowest BCUT2D eigenvalue weighted by Crippen LogP contribution is -2.30. The number of anilines is 3. The van der Waals surface area contributed by atoms with Crippen LogP contribution < -0.4 is 15.5 Å². The Morgan fingerprint density at radius 1 is 0.821 bits per heavy atom. The van der Waals surface area contributed by atoms with Crippen molar-refractivity contribution in [2.24, 2.45) is 0 Å². The van der Waals surface area contributed by atoms with Gasteiger partial charge in [-0.15, -0.1) is 0 Å². The molecule has 148 valence electrons. The molecule has 0 aliphatic carbocycles. The first kappa shape index (κ1) is 19.9. The van der Waals surface area contributed by atoms with Crippen LogP contribution in [0.2, 0.25) is 0 Å². The Labute approximate surface area is 167 Å². The van der Waals surface area contributed by atoms with Crippen molar-refractivity contribution in [1.29, 1.82) is 0 Å². The Morgan fingerprint density at radius 2 is 1.39 bits per heavy atom. The number of benzene rings is 2. The number of piperidine rings is 1. The van der Waals surface area contributed by atoms with E-state index in [1.807, 2.05) is 56.3 Å². The number of para-hydroxylation sites is 1. The van der Waals surface area contributed by atoms with E-state index < -0.39 is 11.8 Å². The molecule has 0 atom stereocenters. The lowest BCUT2D eigenvalue weighted by atomic mass is 10.0. The minimum Gasteiger partial charge on any atom is -0.372 e. The maximum absolute atomic E-state index is 12.4. The van der Waals surface area contributed by atoms with Gasteiger partial charge in [-0.2, -0.15) is 0 Å². The Balaban J connectivity index is 1.64. The molecule has 2 N–H and O–H groups in total. The van der Waals surface area contributed by atoms with E-state index in [1.54, 1.807) is 0 Å². The summed E-state index contributed by atoms with van der Waals surface area (Å²) in [5.41, 5.74) is 4.61. The number of hydrogen-bond donors (Lipinski definition) is 2. The predicted molar refractivity (Wildman–Crippen MR) is 115 cm³/mol. The molecular formula is C23H29N3O2. The molecule has 1 saturated heterocycles. The highest BCUT2D eigenvalue weighted by molar-refractivity contribution is 6.43. The van der Waals surface area contributed by atoms with E-state index in [0.717, 1.165) is 48.4 Å². The van der Waals surface area contributed by atoms with E-state index in [-0.39, 0.29) is 0 Å². The van der Waals surface area contributed by atoms with Crippen molar-refractivity contribution in [3.05, 3.63) is 53.6 Å². The monoisotopic (exact) mass is 379 g/mol. The summed E-state index contributed by atoms with van der Waals surface area (Å²) < 4.78 is 0. The highest BCUT2D eigenvalue weighted by Crippen LogP contribution is 2.23. The molecule has 2 aromatic carbocycles. The molecule has 1 aliphatic rings. The Morgan fingerprint density at radius 3 is 1.96 bits per heavy atom. The van der Waals surface area contributed by atoms with E-state index in [9.17, 15) is 9.59 Å². The number of rotatable bonds is 5. The van der Waals surface area contributed by atoms with Gasteiger partial charge in [-0.25, -0.2) is 0 Å². The van der Waals surface area contributed by atoms with E-state index in [2.05, 4.69) is 15.5 Å². The highest BCUT2D eigenvalue weighted by atomic mass is 16.2. The fraction of sp³-hybridized carbons (Fsp3) is 0.391. The molecule has 0 radical (unpaired) electrons. The number of nitrogens with one attached hydrogen (secondary N) is 2. The van der Waals surface area contributed by atoms with Gasteiger partial charge < -0.3 is 15.5 Å². The van der Waals surface area contributed by atoms with Crippen LogP contribution in [0.5, 0.6) is 0 Å². The second kappa shape index (κ2) is 9.40. The molecule has 1 fully saturated rings. The summed E-state index contributed by atoms with van der Waals surface area (Å²) in [7, 11) is 0. The van der Waals surface area contributed by atoms with Gasteiger partial charge in [0.2, 0.25) is 0 Å². The van der Waals surface area contributed by atoms with E-state index in [0.29, 0.717) is 5.69 Å². The van der Waals surface area contributed by atoms with Crippen molar-refractivity contribution >= 4 is 28.9 Å². The number of nitrogens with zero attached hydrogens (tertiary/aromatic N) is 1. The third-order valence-electron chi connectivity index (χ3n) is 5.29. The van der Waals surface area contributed by atoms with Crippen LogP contribution in [-0.2, 0) is 22.4 Å². The molecule has 2 aromatic rings. The lowest BCUT2D eigenvalue weighted by Gasteiger charge is -2.28. The molecule has 0 spiro atoms. The largest absolute Gasteiger partial charge is 0.372 e. The first-order valence-corrected chi connectivity index (χ1v) is 10.2. The number of aryl methyl sites for hydroxylation is 2. The topological polar surface area (TPSA) is 61.4 Å². The van der Waals surface area contributed by atoms with Crippen molar-refractivity contribution in [3.8, 4) is 0 Å². The van der Waals surface area contributed by atoms with Crippen molar-refractivity contribution in [1.82, 2.24) is 0 Å². The zero-order valence-electron chi connectivity index (χ0n) is 16.8. The summed E-state index contributed by atoms with van der Waals surface area (Å²) in [6.07, 6.45) is 5.32. The molecule has 3 rings (SSSR count). The highest BCUT2D eigenvalue weighted by Gasteiger charge is 2.17. The zero-order valence-corrected chi connectivity index (χ0v) is 16.8. The first-order valence-electron chi connectivity index (χ1n) is 10.2. The van der Waals surface area contributed by atoms with Crippen LogP contribution in [-0.4, -0.2) is 24.9 Å². The maximum Gasteiger partial charge on any atom is 0.314 e. The number of carbonyl (C=O) groups is 2. The number of amides is 2. The molecule has 2 amide bonds. The third-order valence-corrected chi connectivity index (χ3v) is 5.29. The summed E-state index contributed by atoms with van der Waals surface area (Å²) in [6.45, 7) is 6.22. The zero-order chi connectivity index (χ0) is 19.9. The standard InChI is InChI=1S/C23H29N3O2/c1-3-17-9-8-10-18(4-2)21(17)25-23(28)22(27)24-19-11-13-20(14-12-19)26-15-6-5-7-16-26/h8-14H,3-7,15-16H2,1-2H3,(H,24,27)(H,25,28). The van der Waals surface area contributed by atoms with Crippen LogP contribution in [0, 0.1) is 0 Å². The van der Waals surface area contributed by atoms with Crippen LogP contribution in [0.25, 0.3) is 0 Å². The predicted octanol–water partition coefficient (Wildman–Crippen LogP) is 4.38. The first-order chi connectivity index (χ1) is 13.6. The second-order valence-corrected chi connectivity index (χ2v) is 7.16. The molecular weight excluding hydrogens is 350 g/mol.